The predicted molar refractivity (Wildman–Crippen MR) is 132 cm³/mol. The Balaban J connectivity index is 1.71. The molecule has 1 aliphatic rings. The number of benzene rings is 2. The van der Waals surface area contributed by atoms with Crippen molar-refractivity contribution in [2.24, 2.45) is 0 Å². The molecule has 0 saturated heterocycles. The van der Waals surface area contributed by atoms with Crippen LogP contribution >= 0.6 is 0 Å². The molecule has 3 rings (SSSR count). The van der Waals surface area contributed by atoms with Crippen molar-refractivity contribution in [3.63, 3.8) is 0 Å². The number of hydrogen-bond acceptors (Lipinski definition) is 2. The first kappa shape index (κ1) is 23.9. The van der Waals surface area contributed by atoms with Crippen molar-refractivity contribution in [2.75, 3.05) is 12.3 Å². The molecule has 0 aromatic heterocycles. The van der Waals surface area contributed by atoms with Crippen LogP contribution in [0.4, 0.5) is 5.69 Å². The second kappa shape index (κ2) is 10.7. The molecule has 0 fully saturated rings. The zero-order valence-electron chi connectivity index (χ0n) is 18.8. The van der Waals surface area contributed by atoms with Gasteiger partial charge in [0.25, 0.3) is 10.1 Å². The van der Waals surface area contributed by atoms with Gasteiger partial charge in [-0.3, -0.25) is 4.55 Å². The third kappa shape index (κ3) is 6.38. The topological polar surface area (TPSA) is 57.4 Å². The van der Waals surface area contributed by atoms with Gasteiger partial charge in [-0.25, -0.2) is 0 Å². The van der Waals surface area contributed by atoms with Gasteiger partial charge in [0.15, 0.2) is 5.71 Å². The Labute approximate surface area is 192 Å². The molecule has 4 nitrogen and oxygen atoms in total. The van der Waals surface area contributed by atoms with Crippen LogP contribution in [-0.4, -0.2) is 35.6 Å². The van der Waals surface area contributed by atoms with E-state index in [1.54, 1.807) is 0 Å². The molecule has 0 bridgehead atoms. The van der Waals surface area contributed by atoms with E-state index < -0.39 is 10.1 Å². The molecule has 0 unspecified atom stereocenters. The van der Waals surface area contributed by atoms with Crippen LogP contribution in [0.15, 0.2) is 91.1 Å². The van der Waals surface area contributed by atoms with Crippen molar-refractivity contribution in [1.82, 2.24) is 0 Å². The van der Waals surface area contributed by atoms with Crippen molar-refractivity contribution in [3.8, 4) is 0 Å². The van der Waals surface area contributed by atoms with Crippen LogP contribution in [0.1, 0.15) is 37.8 Å². The van der Waals surface area contributed by atoms with Gasteiger partial charge in [0.1, 0.15) is 6.54 Å². The first-order chi connectivity index (χ1) is 15.3. The van der Waals surface area contributed by atoms with Crippen LogP contribution in [0, 0.1) is 0 Å². The van der Waals surface area contributed by atoms with Gasteiger partial charge in [-0.2, -0.15) is 13.0 Å². The Hall–Kier alpha value is -2.76. The summed E-state index contributed by atoms with van der Waals surface area (Å²) in [7, 11) is -3.91. The number of fused-ring (bicyclic) bond motifs is 1. The summed E-state index contributed by atoms with van der Waals surface area (Å²) in [5.41, 5.74) is 4.76. The van der Waals surface area contributed by atoms with Crippen LogP contribution in [-0.2, 0) is 22.0 Å². The summed E-state index contributed by atoms with van der Waals surface area (Å²) < 4.78 is 33.3. The van der Waals surface area contributed by atoms with Crippen LogP contribution in [0.25, 0.3) is 0 Å². The lowest BCUT2D eigenvalue weighted by Gasteiger charge is -2.15. The van der Waals surface area contributed by atoms with Crippen molar-refractivity contribution in [2.45, 2.75) is 38.5 Å². The molecule has 1 aliphatic heterocycles. The largest absolute Gasteiger partial charge is 0.286 e. The standard InChI is InChI=1S/C27H31NO3S/c1-27(2)24-18-11-12-19-25(24)28(21-13-14-22-32(29,30)31)26(27)20-10-5-3-4-7-15-23-16-8-6-9-17-23/h3-12,16-20H,13-15,21-22H2,1-2H3/p+1/b5-3+,7-4+,20-10+. The van der Waals surface area contributed by atoms with Crippen LogP contribution < -0.4 is 0 Å². The summed E-state index contributed by atoms with van der Waals surface area (Å²) in [6.07, 6.45) is 14.5. The first-order valence-electron chi connectivity index (χ1n) is 11.0. The number of nitrogens with zero attached hydrogens (tertiary/aromatic N) is 1. The SMILES string of the molecule is CC1(C)C(/C=C/C=C/C=C/Cc2ccccc2)=[N+](CCCCS(=O)(=O)O)c2ccccc21. The summed E-state index contributed by atoms with van der Waals surface area (Å²) >= 11 is 0. The molecule has 32 heavy (non-hydrogen) atoms. The van der Waals surface area contributed by atoms with Crippen molar-refractivity contribution in [1.29, 1.82) is 0 Å². The average molecular weight is 451 g/mol. The van der Waals surface area contributed by atoms with Gasteiger partial charge in [0, 0.05) is 24.1 Å². The van der Waals surface area contributed by atoms with Crippen molar-refractivity contribution < 1.29 is 17.5 Å². The van der Waals surface area contributed by atoms with Gasteiger partial charge in [0.2, 0.25) is 5.69 Å². The van der Waals surface area contributed by atoms with Gasteiger partial charge in [-0.1, -0.05) is 78.9 Å². The number of para-hydroxylation sites is 1. The van der Waals surface area contributed by atoms with Gasteiger partial charge in [-0.15, -0.1) is 0 Å². The van der Waals surface area contributed by atoms with E-state index in [4.69, 9.17) is 4.55 Å². The third-order valence-electron chi connectivity index (χ3n) is 5.75. The number of allylic oxidation sites excluding steroid dienone is 6. The molecule has 2 aromatic rings. The Morgan fingerprint density at radius 1 is 0.906 bits per heavy atom. The van der Waals surface area contributed by atoms with E-state index in [0.717, 1.165) is 12.1 Å². The summed E-state index contributed by atoms with van der Waals surface area (Å²) in [4.78, 5) is 0. The minimum absolute atomic E-state index is 0.146. The minimum Gasteiger partial charge on any atom is -0.286 e. The average Bonchev–Trinajstić information content (AvgIpc) is 2.97. The van der Waals surface area contributed by atoms with Crippen LogP contribution in [0.3, 0.4) is 0 Å². The minimum atomic E-state index is -3.91. The Morgan fingerprint density at radius 2 is 1.59 bits per heavy atom. The summed E-state index contributed by atoms with van der Waals surface area (Å²) in [5.74, 6) is -0.199. The van der Waals surface area contributed by atoms with Crippen LogP contribution in [0.2, 0.25) is 0 Å². The normalized spacial score (nSPS) is 16.0. The predicted octanol–water partition coefficient (Wildman–Crippen LogP) is 5.64. The zero-order valence-corrected chi connectivity index (χ0v) is 19.6. The van der Waals surface area contributed by atoms with E-state index in [2.05, 4.69) is 85.2 Å². The van der Waals surface area contributed by atoms with Gasteiger partial charge in [-0.05, 0) is 32.3 Å². The van der Waals surface area contributed by atoms with Crippen LogP contribution in [0.5, 0.6) is 0 Å². The molecular weight excluding hydrogens is 418 g/mol. The number of unbranched alkanes of at least 4 members (excludes halogenated alkanes) is 1. The maximum atomic E-state index is 11.0. The zero-order chi connectivity index (χ0) is 23.0. The monoisotopic (exact) mass is 450 g/mol. The Morgan fingerprint density at radius 3 is 2.34 bits per heavy atom. The maximum Gasteiger partial charge on any atom is 0.264 e. The fraction of sp³-hybridized carbons (Fsp3) is 0.296. The Bertz CT molecular complexity index is 1140. The number of hydrogen-bond donors (Lipinski definition) is 1. The summed E-state index contributed by atoms with van der Waals surface area (Å²) in [6, 6.07) is 18.7. The highest BCUT2D eigenvalue weighted by molar-refractivity contribution is 7.85. The molecule has 2 aromatic carbocycles. The molecule has 0 saturated carbocycles. The van der Waals surface area contributed by atoms with E-state index in [0.29, 0.717) is 19.4 Å². The molecule has 0 atom stereocenters. The molecule has 0 radical (unpaired) electrons. The lowest BCUT2D eigenvalue weighted by molar-refractivity contribution is -0.438. The van der Waals surface area contributed by atoms with E-state index in [-0.39, 0.29) is 11.2 Å². The third-order valence-corrected chi connectivity index (χ3v) is 6.56. The highest BCUT2D eigenvalue weighted by Crippen LogP contribution is 2.39. The molecule has 5 heteroatoms. The molecular formula is C27H32NO3S+. The van der Waals surface area contributed by atoms with E-state index in [9.17, 15) is 8.42 Å². The lowest BCUT2D eigenvalue weighted by atomic mass is 9.81. The Kier molecular flexibility index (Phi) is 7.99. The molecule has 168 valence electrons. The quantitative estimate of drug-likeness (QED) is 0.220. The second-order valence-electron chi connectivity index (χ2n) is 8.53. The first-order valence-corrected chi connectivity index (χ1v) is 12.6. The van der Waals surface area contributed by atoms with Gasteiger partial charge in [0.05, 0.1) is 11.2 Å². The van der Waals surface area contributed by atoms with E-state index in [1.165, 1.54) is 16.8 Å². The fourth-order valence-electron chi connectivity index (χ4n) is 4.11. The second-order valence-corrected chi connectivity index (χ2v) is 10.1. The number of rotatable bonds is 10. The van der Waals surface area contributed by atoms with Gasteiger partial charge < -0.3 is 0 Å². The molecule has 0 spiro atoms. The molecule has 0 aliphatic carbocycles. The van der Waals surface area contributed by atoms with Gasteiger partial charge >= 0.3 is 0 Å². The highest BCUT2D eigenvalue weighted by atomic mass is 32.2. The van der Waals surface area contributed by atoms with Crippen molar-refractivity contribution in [3.05, 3.63) is 102 Å². The maximum absolute atomic E-state index is 11.0. The van der Waals surface area contributed by atoms with E-state index >= 15 is 0 Å². The highest BCUT2D eigenvalue weighted by Gasteiger charge is 2.43. The molecule has 1 N–H and O–H groups in total. The molecule has 0 amide bonds. The summed E-state index contributed by atoms with van der Waals surface area (Å²) in [6.45, 7) is 5.14. The van der Waals surface area contributed by atoms with Crippen molar-refractivity contribution >= 4 is 21.5 Å². The lowest BCUT2D eigenvalue weighted by Crippen LogP contribution is -2.28. The van der Waals surface area contributed by atoms with E-state index in [1.807, 2.05) is 24.3 Å². The molecule has 1 heterocycles. The fourth-order valence-corrected chi connectivity index (χ4v) is 4.68. The smallest absolute Gasteiger partial charge is 0.264 e. The summed E-state index contributed by atoms with van der Waals surface area (Å²) in [5, 5.41) is 0.